The van der Waals surface area contributed by atoms with Crippen LogP contribution in [-0.4, -0.2) is 48.7 Å². The van der Waals surface area contributed by atoms with E-state index in [1.165, 1.54) is 44.2 Å². The van der Waals surface area contributed by atoms with Gasteiger partial charge in [0.1, 0.15) is 16.9 Å². The van der Waals surface area contributed by atoms with Crippen LogP contribution in [0.4, 0.5) is 14.6 Å². The second-order valence-electron chi connectivity index (χ2n) is 11.8. The number of aryl methyl sites for hydroxylation is 1. The van der Waals surface area contributed by atoms with Crippen LogP contribution in [0.15, 0.2) is 78.8 Å². The van der Waals surface area contributed by atoms with Crippen LogP contribution >= 0.6 is 0 Å². The summed E-state index contributed by atoms with van der Waals surface area (Å²) >= 11 is 0. The normalized spacial score (nSPS) is 20.7. The Labute approximate surface area is 261 Å². The number of methoxy groups -OCH3 is 1. The molecule has 1 aliphatic carbocycles. The molecule has 0 saturated carbocycles. The predicted octanol–water partition coefficient (Wildman–Crippen LogP) is 6.09. The monoisotopic (exact) mass is 631 g/mol. The molecule has 0 bridgehead atoms. The van der Waals surface area contributed by atoms with Gasteiger partial charge in [0.2, 0.25) is 15.9 Å². The van der Waals surface area contributed by atoms with Gasteiger partial charge in [-0.1, -0.05) is 36.8 Å². The Hall–Kier alpha value is -4.19. The van der Waals surface area contributed by atoms with Gasteiger partial charge < -0.3 is 10.5 Å². The Balaban J connectivity index is 1.38. The van der Waals surface area contributed by atoms with Crippen molar-refractivity contribution in [2.45, 2.75) is 43.6 Å². The van der Waals surface area contributed by atoms with Gasteiger partial charge in [0, 0.05) is 29.3 Å². The molecule has 2 aliphatic rings. The number of rotatable bonds is 7. The van der Waals surface area contributed by atoms with Crippen molar-refractivity contribution in [3.05, 3.63) is 95.5 Å². The van der Waals surface area contributed by atoms with E-state index in [1.807, 2.05) is 12.1 Å². The van der Waals surface area contributed by atoms with Crippen LogP contribution in [0.3, 0.4) is 0 Å². The number of ether oxygens (including phenoxy) is 1. The number of sulfonamides is 1. The van der Waals surface area contributed by atoms with E-state index in [2.05, 4.69) is 40.0 Å². The molecule has 0 amide bonds. The number of likely N-dealkylation sites (tertiary alicyclic amines) is 1. The Morgan fingerprint density at radius 1 is 1.04 bits per heavy atom. The number of alkyl halides is 1. The fourth-order valence-corrected chi connectivity index (χ4v) is 7.34. The molecule has 8 nitrogen and oxygen atoms in total. The number of aromatic nitrogens is 2. The quantitative estimate of drug-likeness (QED) is 0.253. The van der Waals surface area contributed by atoms with E-state index in [0.29, 0.717) is 28.5 Å². The summed E-state index contributed by atoms with van der Waals surface area (Å²) in [6.07, 6.45) is 7.62. The van der Waals surface area contributed by atoms with Crippen molar-refractivity contribution in [1.82, 2.24) is 14.9 Å². The molecule has 45 heavy (non-hydrogen) atoms. The molecule has 3 heterocycles. The van der Waals surface area contributed by atoms with Gasteiger partial charge in [-0.25, -0.2) is 32.3 Å². The van der Waals surface area contributed by atoms with Gasteiger partial charge in [-0.05, 0) is 91.5 Å². The number of primary sulfonamides is 1. The zero-order chi connectivity index (χ0) is 31.9. The highest BCUT2D eigenvalue weighted by Gasteiger charge is 2.48. The molecule has 0 radical (unpaired) electrons. The fourth-order valence-electron chi connectivity index (χ4n) is 6.37. The van der Waals surface area contributed by atoms with Crippen molar-refractivity contribution in [3.8, 4) is 28.1 Å². The first kappa shape index (κ1) is 30.8. The molecule has 2 atom stereocenters. The lowest BCUT2D eigenvalue weighted by atomic mass is 9.87. The van der Waals surface area contributed by atoms with Gasteiger partial charge in [-0.15, -0.1) is 0 Å². The molecule has 1 saturated heterocycles. The molecule has 1 aliphatic heterocycles. The molecule has 0 spiro atoms. The third kappa shape index (κ3) is 6.07. The van der Waals surface area contributed by atoms with Gasteiger partial charge in [-0.2, -0.15) is 0 Å². The summed E-state index contributed by atoms with van der Waals surface area (Å²) in [4.78, 5) is 11.4. The Morgan fingerprint density at radius 2 is 1.82 bits per heavy atom. The second kappa shape index (κ2) is 12.0. The number of halogens is 2. The number of nitrogen functional groups attached to an aromatic ring is 1. The van der Waals surface area contributed by atoms with Crippen molar-refractivity contribution < 1.29 is 21.9 Å². The van der Waals surface area contributed by atoms with Crippen LogP contribution in [0.1, 0.15) is 36.0 Å². The Kier molecular flexibility index (Phi) is 8.19. The maximum Gasteiger partial charge on any atom is 0.219 e. The number of fused-ring (bicyclic) bond motifs is 1. The van der Waals surface area contributed by atoms with Gasteiger partial charge in [0.25, 0.3) is 0 Å². The zero-order valence-corrected chi connectivity index (χ0v) is 25.9. The molecule has 11 heteroatoms. The Bertz CT molecular complexity index is 1960. The number of nitrogens with two attached hydrogens (primary N) is 2. The van der Waals surface area contributed by atoms with Crippen molar-refractivity contribution >= 4 is 26.7 Å². The lowest BCUT2D eigenvalue weighted by Crippen LogP contribution is -2.43. The topological polar surface area (TPSA) is 124 Å². The molecule has 2 unspecified atom stereocenters. The summed E-state index contributed by atoms with van der Waals surface area (Å²) in [5.74, 6) is -0.726. The van der Waals surface area contributed by atoms with E-state index in [-0.39, 0.29) is 11.4 Å². The van der Waals surface area contributed by atoms with Crippen LogP contribution in [0.5, 0.6) is 5.88 Å². The summed E-state index contributed by atoms with van der Waals surface area (Å²) in [6.45, 7) is 5.24. The van der Waals surface area contributed by atoms with Gasteiger partial charge in [0.15, 0.2) is 5.67 Å². The number of hydrogen-bond acceptors (Lipinski definition) is 7. The number of hydrogen-bond donors (Lipinski definition) is 2. The summed E-state index contributed by atoms with van der Waals surface area (Å²) in [5.41, 5.74) is 9.22. The number of anilines is 1. The Morgan fingerprint density at radius 3 is 2.53 bits per heavy atom. The minimum absolute atomic E-state index is 0.189. The smallest absolute Gasteiger partial charge is 0.219 e. The van der Waals surface area contributed by atoms with Crippen LogP contribution in [-0.2, 0) is 22.2 Å². The maximum atomic E-state index is 16.6. The lowest BCUT2D eigenvalue weighted by molar-refractivity contribution is 0.221. The lowest BCUT2D eigenvalue weighted by Gasteiger charge is -2.31. The van der Waals surface area contributed by atoms with Crippen molar-refractivity contribution in [2.24, 2.45) is 5.14 Å². The average molecular weight is 632 g/mol. The van der Waals surface area contributed by atoms with E-state index in [1.54, 1.807) is 12.1 Å². The van der Waals surface area contributed by atoms with E-state index in [0.717, 1.165) is 53.9 Å². The van der Waals surface area contributed by atoms with Crippen LogP contribution < -0.4 is 15.6 Å². The average Bonchev–Trinajstić information content (AvgIpc) is 3.00. The molecular formula is C34H35F2N5O3S. The third-order valence-electron chi connectivity index (χ3n) is 8.62. The van der Waals surface area contributed by atoms with E-state index in [9.17, 15) is 12.8 Å². The number of allylic oxidation sites excluding steroid dienone is 3. The standard InChI is InChI=1S/C34H35F2N5O3S/c1-21-14-22(20-41-12-4-3-5-13-41)6-9-27(21)28-16-24-15-23(7-10-30(24)40-32(28)37)25-17-29(33(44-2)39-19-25)34(36)18-26(35)8-11-31(34)45(38,42)43/h6-11,14-19,31H,3-5,12-13,20H2,1-2H3,(H2,37,40)(H2,38,42,43). The number of pyridine rings is 2. The highest BCUT2D eigenvalue weighted by Crippen LogP contribution is 2.44. The van der Waals surface area contributed by atoms with E-state index >= 15 is 4.39 Å². The first-order valence-electron chi connectivity index (χ1n) is 14.8. The van der Waals surface area contributed by atoms with E-state index in [4.69, 9.17) is 15.6 Å². The molecule has 4 N–H and O–H groups in total. The minimum Gasteiger partial charge on any atom is -0.481 e. The van der Waals surface area contributed by atoms with Crippen LogP contribution in [0.25, 0.3) is 33.2 Å². The number of nitrogens with zero attached hydrogens (tertiary/aromatic N) is 3. The number of piperidine rings is 1. The van der Waals surface area contributed by atoms with Crippen molar-refractivity contribution in [2.75, 3.05) is 25.9 Å². The van der Waals surface area contributed by atoms with Crippen molar-refractivity contribution in [1.29, 1.82) is 0 Å². The molecular weight excluding hydrogens is 596 g/mol. The second-order valence-corrected chi connectivity index (χ2v) is 13.4. The molecule has 1 fully saturated rings. The number of benzene rings is 2. The van der Waals surface area contributed by atoms with Gasteiger partial charge in [-0.3, -0.25) is 4.90 Å². The first-order chi connectivity index (χ1) is 21.5. The molecule has 234 valence electrons. The zero-order valence-electron chi connectivity index (χ0n) is 25.1. The van der Waals surface area contributed by atoms with Gasteiger partial charge >= 0.3 is 0 Å². The molecule has 2 aromatic heterocycles. The highest BCUT2D eigenvalue weighted by atomic mass is 32.2. The van der Waals surface area contributed by atoms with Crippen LogP contribution in [0.2, 0.25) is 0 Å². The largest absolute Gasteiger partial charge is 0.481 e. The maximum absolute atomic E-state index is 16.6. The van der Waals surface area contributed by atoms with Crippen molar-refractivity contribution in [3.63, 3.8) is 0 Å². The molecule has 2 aromatic carbocycles. The summed E-state index contributed by atoms with van der Waals surface area (Å²) in [7, 11) is -3.19. The third-order valence-corrected chi connectivity index (χ3v) is 9.82. The summed E-state index contributed by atoms with van der Waals surface area (Å²) in [5, 5.41) is 4.26. The summed E-state index contributed by atoms with van der Waals surface area (Å²) in [6, 6.07) is 15.3. The first-order valence-corrected chi connectivity index (χ1v) is 16.4. The summed E-state index contributed by atoms with van der Waals surface area (Å²) < 4.78 is 60.9. The SMILES string of the molecule is COc1ncc(-c2ccc3nc(N)c(-c4ccc(CN5CCCCC5)cc4C)cc3c2)cc1C1(F)C=C(F)C=CC1S(N)(=O)=O. The fraction of sp³-hybridized carbons (Fsp3) is 0.294. The van der Waals surface area contributed by atoms with Crippen LogP contribution in [0, 0.1) is 6.92 Å². The minimum atomic E-state index is -4.46. The predicted molar refractivity (Wildman–Crippen MR) is 173 cm³/mol. The van der Waals surface area contributed by atoms with Gasteiger partial charge in [0.05, 0.1) is 18.2 Å². The van der Waals surface area contributed by atoms with E-state index < -0.39 is 26.8 Å². The molecule has 6 rings (SSSR count). The highest BCUT2D eigenvalue weighted by molar-refractivity contribution is 7.90. The molecule has 4 aromatic rings.